The van der Waals surface area contributed by atoms with E-state index in [1.54, 1.807) is 41.5 Å². The summed E-state index contributed by atoms with van der Waals surface area (Å²) in [5.41, 5.74) is 1.98. The molecule has 3 rings (SSSR count). The van der Waals surface area contributed by atoms with Gasteiger partial charge in [-0.15, -0.1) is 0 Å². The molecule has 0 unspecified atom stereocenters. The Bertz CT molecular complexity index is 1030. The van der Waals surface area contributed by atoms with Crippen LogP contribution in [0, 0.1) is 0 Å². The van der Waals surface area contributed by atoms with E-state index < -0.39 is 10.1 Å². The lowest BCUT2D eigenvalue weighted by Gasteiger charge is -2.22. The van der Waals surface area contributed by atoms with Gasteiger partial charge < -0.3 is 13.5 Å². The minimum Gasteiger partial charge on any atom is -0.467 e. The van der Waals surface area contributed by atoms with Crippen molar-refractivity contribution in [2.45, 2.75) is 32.9 Å². The zero-order valence-electron chi connectivity index (χ0n) is 16.9. The Kier molecular flexibility index (Phi) is 7.30. The molecule has 7 heteroatoms. The Hall–Kier alpha value is -3.06. The first-order valence-corrected chi connectivity index (χ1v) is 11.4. The smallest absolute Gasteiger partial charge is 0.308 e. The van der Waals surface area contributed by atoms with Crippen LogP contribution in [0.25, 0.3) is 0 Å². The fraction of sp³-hybridized carbons (Fsp3) is 0.261. The highest BCUT2D eigenvalue weighted by molar-refractivity contribution is 7.87. The van der Waals surface area contributed by atoms with Crippen LogP contribution in [0.2, 0.25) is 0 Å². The number of rotatable bonds is 10. The van der Waals surface area contributed by atoms with Gasteiger partial charge in [-0.1, -0.05) is 42.5 Å². The highest BCUT2D eigenvalue weighted by Crippen LogP contribution is 2.18. The van der Waals surface area contributed by atoms with E-state index in [1.165, 1.54) is 6.92 Å². The first-order valence-electron chi connectivity index (χ1n) is 9.80. The Balaban J connectivity index is 1.68. The molecular weight excluding hydrogens is 402 g/mol. The number of furan rings is 1. The number of carbonyl (C=O) groups is 1. The van der Waals surface area contributed by atoms with E-state index in [9.17, 15) is 13.2 Å². The van der Waals surface area contributed by atoms with Crippen molar-refractivity contribution in [3.8, 4) is 5.75 Å². The average Bonchev–Trinajstić information content (AvgIpc) is 3.26. The van der Waals surface area contributed by atoms with Crippen molar-refractivity contribution < 1.29 is 21.8 Å². The maximum atomic E-state index is 12.9. The second kappa shape index (κ2) is 10.1. The van der Waals surface area contributed by atoms with Gasteiger partial charge in [-0.05, 0) is 48.7 Å². The summed E-state index contributed by atoms with van der Waals surface area (Å²) in [5.74, 6) is 0.886. The van der Waals surface area contributed by atoms with E-state index in [1.807, 2.05) is 36.4 Å². The van der Waals surface area contributed by atoms with E-state index >= 15 is 0 Å². The molecule has 0 aliphatic rings. The number of hydrogen-bond acceptors (Lipinski definition) is 5. The number of benzene rings is 2. The highest BCUT2D eigenvalue weighted by Gasteiger charge is 2.16. The number of carbonyl (C=O) groups excluding carboxylic acids is 1. The first-order chi connectivity index (χ1) is 14.4. The zero-order valence-corrected chi connectivity index (χ0v) is 17.7. The Labute approximate surface area is 177 Å². The second-order valence-corrected chi connectivity index (χ2v) is 8.75. The molecule has 0 aliphatic carbocycles. The predicted molar refractivity (Wildman–Crippen MR) is 114 cm³/mol. The summed E-state index contributed by atoms with van der Waals surface area (Å²) in [7, 11) is -3.57. The third-order valence-electron chi connectivity index (χ3n) is 4.62. The fourth-order valence-corrected chi connectivity index (χ4v) is 3.48. The molecule has 0 saturated heterocycles. The van der Waals surface area contributed by atoms with Crippen molar-refractivity contribution >= 4 is 16.0 Å². The number of amides is 1. The minimum atomic E-state index is -3.57. The molecule has 0 aliphatic heterocycles. The Morgan fingerprint density at radius 2 is 1.67 bits per heavy atom. The van der Waals surface area contributed by atoms with Gasteiger partial charge in [0.1, 0.15) is 11.5 Å². The quantitative estimate of drug-likeness (QED) is 0.454. The lowest BCUT2D eigenvalue weighted by Crippen LogP contribution is -2.30. The van der Waals surface area contributed by atoms with E-state index in [0.717, 1.165) is 11.1 Å². The monoisotopic (exact) mass is 427 g/mol. The molecule has 0 N–H and O–H groups in total. The standard InChI is InChI=1S/C23H25NO5S/c1-2-30(26,27)29-21-13-10-20(11-14-21)17-24(18-22-9-6-16-28-22)23(25)15-12-19-7-4-3-5-8-19/h3-11,13-14,16H,2,12,15,17-18H2,1H3. The molecule has 1 aromatic heterocycles. The second-order valence-electron chi connectivity index (χ2n) is 6.89. The topological polar surface area (TPSA) is 76.8 Å². The largest absolute Gasteiger partial charge is 0.467 e. The van der Waals surface area contributed by atoms with Crippen LogP contribution in [0.5, 0.6) is 5.75 Å². The first kappa shape index (κ1) is 21.6. The van der Waals surface area contributed by atoms with Crippen molar-refractivity contribution in [1.29, 1.82) is 0 Å². The van der Waals surface area contributed by atoms with E-state index in [2.05, 4.69) is 0 Å². The Morgan fingerprint density at radius 1 is 0.933 bits per heavy atom. The van der Waals surface area contributed by atoms with Crippen LogP contribution >= 0.6 is 0 Å². The molecule has 0 fully saturated rings. The average molecular weight is 428 g/mol. The van der Waals surface area contributed by atoms with Crippen molar-refractivity contribution in [1.82, 2.24) is 4.90 Å². The molecule has 0 saturated carbocycles. The van der Waals surface area contributed by atoms with Crippen molar-refractivity contribution in [3.63, 3.8) is 0 Å². The zero-order chi connectivity index (χ0) is 21.4. The van der Waals surface area contributed by atoms with Gasteiger partial charge >= 0.3 is 10.1 Å². The molecule has 6 nitrogen and oxygen atoms in total. The summed E-state index contributed by atoms with van der Waals surface area (Å²) < 4.78 is 33.6. The fourth-order valence-electron chi connectivity index (χ4n) is 2.95. The number of nitrogens with zero attached hydrogens (tertiary/aromatic N) is 1. The predicted octanol–water partition coefficient (Wildman–Crippen LogP) is 4.17. The van der Waals surface area contributed by atoms with Gasteiger partial charge in [-0.3, -0.25) is 4.79 Å². The van der Waals surface area contributed by atoms with Crippen LogP contribution in [0.3, 0.4) is 0 Å². The van der Waals surface area contributed by atoms with Crippen LogP contribution in [0.1, 0.15) is 30.2 Å². The highest BCUT2D eigenvalue weighted by atomic mass is 32.2. The van der Waals surface area contributed by atoms with Gasteiger partial charge in [0.25, 0.3) is 0 Å². The maximum absolute atomic E-state index is 12.9. The van der Waals surface area contributed by atoms with E-state index in [-0.39, 0.29) is 17.4 Å². The van der Waals surface area contributed by atoms with Crippen molar-refractivity contribution in [2.24, 2.45) is 0 Å². The van der Waals surface area contributed by atoms with Gasteiger partial charge in [0.15, 0.2) is 0 Å². The summed E-state index contributed by atoms with van der Waals surface area (Å²) in [6.45, 7) is 2.27. The maximum Gasteiger partial charge on any atom is 0.308 e. The third-order valence-corrected chi connectivity index (χ3v) is 5.78. The summed E-state index contributed by atoms with van der Waals surface area (Å²) in [6.07, 6.45) is 2.64. The molecule has 0 spiro atoms. The minimum absolute atomic E-state index is 0.0177. The Morgan fingerprint density at radius 3 is 2.30 bits per heavy atom. The van der Waals surface area contributed by atoms with Gasteiger partial charge in [-0.2, -0.15) is 8.42 Å². The van der Waals surface area contributed by atoms with Crippen LogP contribution in [-0.4, -0.2) is 25.0 Å². The lowest BCUT2D eigenvalue weighted by atomic mass is 10.1. The molecule has 0 radical (unpaired) electrons. The van der Waals surface area contributed by atoms with Gasteiger partial charge in [0, 0.05) is 13.0 Å². The van der Waals surface area contributed by atoms with Crippen LogP contribution in [-0.2, 0) is 34.4 Å². The number of hydrogen-bond donors (Lipinski definition) is 0. The summed E-state index contributed by atoms with van der Waals surface area (Å²) in [6, 6.07) is 20.2. The van der Waals surface area contributed by atoms with Crippen LogP contribution < -0.4 is 4.18 Å². The summed E-state index contributed by atoms with van der Waals surface area (Å²) >= 11 is 0. The molecule has 0 atom stereocenters. The van der Waals surface area contributed by atoms with Gasteiger partial charge in [0.05, 0.1) is 18.6 Å². The van der Waals surface area contributed by atoms with Gasteiger partial charge in [0.2, 0.25) is 5.91 Å². The summed E-state index contributed by atoms with van der Waals surface area (Å²) in [5, 5.41) is 0. The molecular formula is C23H25NO5S. The van der Waals surface area contributed by atoms with Gasteiger partial charge in [-0.25, -0.2) is 0 Å². The normalized spacial score (nSPS) is 11.2. The molecule has 3 aromatic rings. The molecule has 30 heavy (non-hydrogen) atoms. The summed E-state index contributed by atoms with van der Waals surface area (Å²) in [4.78, 5) is 14.7. The van der Waals surface area contributed by atoms with Crippen LogP contribution in [0.4, 0.5) is 0 Å². The molecule has 1 amide bonds. The number of aryl methyl sites for hydroxylation is 1. The molecule has 0 bridgehead atoms. The molecule has 158 valence electrons. The van der Waals surface area contributed by atoms with Crippen molar-refractivity contribution in [2.75, 3.05) is 5.75 Å². The third kappa shape index (κ3) is 6.49. The molecule has 2 aromatic carbocycles. The lowest BCUT2D eigenvalue weighted by molar-refractivity contribution is -0.132. The van der Waals surface area contributed by atoms with Crippen LogP contribution in [0.15, 0.2) is 77.4 Å². The molecule has 1 heterocycles. The SMILES string of the molecule is CCS(=O)(=O)Oc1ccc(CN(Cc2ccco2)C(=O)CCc2ccccc2)cc1. The van der Waals surface area contributed by atoms with E-state index in [0.29, 0.717) is 31.7 Å². The van der Waals surface area contributed by atoms with E-state index in [4.69, 9.17) is 8.60 Å². The van der Waals surface area contributed by atoms with Crippen molar-refractivity contribution in [3.05, 3.63) is 89.9 Å².